The lowest BCUT2D eigenvalue weighted by Crippen LogP contribution is -2.58. The molecule has 1 N–H and O–H groups in total. The quantitative estimate of drug-likeness (QED) is 0.794. The van der Waals surface area contributed by atoms with Crippen LogP contribution in [-0.4, -0.2) is 16.8 Å². The van der Waals surface area contributed by atoms with Gasteiger partial charge in [-0.3, -0.25) is 4.79 Å². The van der Waals surface area contributed by atoms with Crippen molar-refractivity contribution < 1.29 is 4.79 Å². The summed E-state index contributed by atoms with van der Waals surface area (Å²) in [7, 11) is 0. The van der Waals surface area contributed by atoms with Gasteiger partial charge in [0.15, 0.2) is 0 Å². The second kappa shape index (κ2) is 4.22. The Kier molecular flexibility index (Phi) is 3.04. The second-order valence-electron chi connectivity index (χ2n) is 7.50. The van der Waals surface area contributed by atoms with Crippen LogP contribution >= 0.6 is 15.9 Å². The van der Waals surface area contributed by atoms with Crippen molar-refractivity contribution in [1.29, 1.82) is 0 Å². The molecule has 0 aromatic carbocycles. The summed E-state index contributed by atoms with van der Waals surface area (Å²) >= 11 is 3.96. The van der Waals surface area contributed by atoms with Gasteiger partial charge in [-0.2, -0.15) is 0 Å². The Morgan fingerprint density at radius 3 is 2.39 bits per heavy atom. The van der Waals surface area contributed by atoms with E-state index in [-0.39, 0.29) is 9.74 Å². The van der Waals surface area contributed by atoms with Crippen molar-refractivity contribution >= 4 is 21.8 Å². The van der Waals surface area contributed by atoms with Crippen molar-refractivity contribution in [3.63, 3.8) is 0 Å². The van der Waals surface area contributed by atoms with Crippen molar-refractivity contribution in [2.45, 2.75) is 56.7 Å². The predicted octanol–water partition coefficient (Wildman–Crippen LogP) is 3.49. The lowest BCUT2D eigenvalue weighted by molar-refractivity contribution is -0.144. The minimum Gasteiger partial charge on any atom is -0.355 e. The molecule has 0 radical (unpaired) electrons. The number of hydrogen-bond acceptors (Lipinski definition) is 1. The normalized spacial score (nSPS) is 45.6. The molecule has 4 saturated carbocycles. The molecule has 18 heavy (non-hydrogen) atoms. The number of hydrogen-bond donors (Lipinski definition) is 1. The highest BCUT2D eigenvalue weighted by Gasteiger charge is 2.59. The first-order valence-corrected chi connectivity index (χ1v) is 8.17. The minimum atomic E-state index is -0.0392. The molecule has 4 aliphatic rings. The summed E-state index contributed by atoms with van der Waals surface area (Å²) in [5, 5.41) is 3.20. The zero-order valence-corrected chi connectivity index (χ0v) is 13.1. The van der Waals surface area contributed by atoms with Gasteiger partial charge >= 0.3 is 0 Å². The van der Waals surface area contributed by atoms with Crippen molar-refractivity contribution in [1.82, 2.24) is 5.32 Å². The molecule has 0 aromatic heterocycles. The van der Waals surface area contributed by atoms with Gasteiger partial charge in [0.2, 0.25) is 5.91 Å². The first-order valence-electron chi connectivity index (χ1n) is 7.38. The van der Waals surface area contributed by atoms with Crippen LogP contribution in [0.1, 0.15) is 52.4 Å². The van der Waals surface area contributed by atoms with E-state index >= 15 is 0 Å². The summed E-state index contributed by atoms with van der Waals surface area (Å²) in [5.41, 5.74) is -0.0392. The zero-order valence-electron chi connectivity index (χ0n) is 11.5. The first kappa shape index (κ1) is 13.0. The molecular formula is C15H24BrNO. The largest absolute Gasteiger partial charge is 0.355 e. The minimum absolute atomic E-state index is 0.0392. The number of carbonyl (C=O) groups is 1. The monoisotopic (exact) mass is 313 g/mol. The first-order chi connectivity index (χ1) is 8.41. The summed E-state index contributed by atoms with van der Waals surface area (Å²) in [4.78, 5) is 12.6. The molecule has 0 aromatic rings. The van der Waals surface area contributed by atoms with Crippen molar-refractivity contribution in [2.24, 2.45) is 23.2 Å². The van der Waals surface area contributed by atoms with Gasteiger partial charge in [0.05, 0.1) is 5.41 Å². The van der Waals surface area contributed by atoms with Crippen LogP contribution in [-0.2, 0) is 4.79 Å². The number of amides is 1. The Labute approximate surface area is 118 Å². The standard InChI is InChI=1S/C15H24BrNO/c1-10(2)8-17-13(18)14-4-11-3-12(5-14)7-15(16,6-11)9-14/h10-12H,3-9H2,1-2H3,(H,17,18). The van der Waals surface area contributed by atoms with Gasteiger partial charge < -0.3 is 5.32 Å². The Hall–Kier alpha value is -0.0500. The fourth-order valence-electron chi connectivity index (χ4n) is 4.90. The zero-order chi connectivity index (χ0) is 13.0. The number of alkyl halides is 1. The molecular weight excluding hydrogens is 290 g/mol. The van der Waals surface area contributed by atoms with Gasteiger partial charge in [-0.25, -0.2) is 0 Å². The summed E-state index contributed by atoms with van der Waals surface area (Å²) in [6.45, 7) is 5.14. The molecule has 0 heterocycles. The fourth-order valence-corrected chi connectivity index (χ4v) is 6.35. The van der Waals surface area contributed by atoms with E-state index in [2.05, 4.69) is 35.1 Å². The van der Waals surface area contributed by atoms with Crippen LogP contribution in [0.4, 0.5) is 0 Å². The van der Waals surface area contributed by atoms with Crippen LogP contribution in [0.2, 0.25) is 0 Å². The maximum atomic E-state index is 12.6. The van der Waals surface area contributed by atoms with Gasteiger partial charge in [-0.1, -0.05) is 29.8 Å². The molecule has 1 amide bonds. The van der Waals surface area contributed by atoms with Crippen LogP contribution < -0.4 is 5.32 Å². The number of rotatable bonds is 3. The molecule has 4 aliphatic carbocycles. The van der Waals surface area contributed by atoms with Gasteiger partial charge in [-0.15, -0.1) is 0 Å². The molecule has 0 aliphatic heterocycles. The topological polar surface area (TPSA) is 29.1 Å². The van der Waals surface area contributed by atoms with E-state index in [0.717, 1.165) is 37.6 Å². The average Bonchev–Trinajstić information content (AvgIpc) is 2.22. The van der Waals surface area contributed by atoms with Crippen molar-refractivity contribution in [2.75, 3.05) is 6.54 Å². The molecule has 0 spiro atoms. The molecule has 3 heteroatoms. The smallest absolute Gasteiger partial charge is 0.226 e. The predicted molar refractivity (Wildman–Crippen MR) is 76.6 cm³/mol. The van der Waals surface area contributed by atoms with Gasteiger partial charge in [-0.05, 0) is 56.3 Å². The highest BCUT2D eigenvalue weighted by Crippen LogP contribution is 2.64. The molecule has 0 saturated heterocycles. The van der Waals surface area contributed by atoms with E-state index in [1.165, 1.54) is 19.3 Å². The van der Waals surface area contributed by atoms with E-state index in [1.54, 1.807) is 0 Å². The number of halogens is 1. The third-order valence-electron chi connectivity index (χ3n) is 5.14. The van der Waals surface area contributed by atoms with E-state index in [9.17, 15) is 4.79 Å². The Bertz CT molecular complexity index is 352. The summed E-state index contributed by atoms with van der Waals surface area (Å²) in [6.07, 6.45) is 7.30. The third-order valence-corrected chi connectivity index (χ3v) is 6.07. The lowest BCUT2D eigenvalue weighted by Gasteiger charge is -2.59. The number of carbonyl (C=O) groups excluding carboxylic acids is 1. The van der Waals surface area contributed by atoms with E-state index in [1.807, 2.05) is 0 Å². The van der Waals surface area contributed by atoms with Crippen LogP contribution in [0, 0.1) is 23.2 Å². The highest BCUT2D eigenvalue weighted by atomic mass is 79.9. The average molecular weight is 314 g/mol. The van der Waals surface area contributed by atoms with Crippen LogP contribution in [0.5, 0.6) is 0 Å². The Balaban J connectivity index is 1.76. The summed E-state index contributed by atoms with van der Waals surface area (Å²) in [5.74, 6) is 2.46. The summed E-state index contributed by atoms with van der Waals surface area (Å²) in [6, 6.07) is 0. The van der Waals surface area contributed by atoms with E-state index in [0.29, 0.717) is 11.8 Å². The molecule has 2 nitrogen and oxygen atoms in total. The highest BCUT2D eigenvalue weighted by molar-refractivity contribution is 9.10. The maximum Gasteiger partial charge on any atom is 0.226 e. The van der Waals surface area contributed by atoms with Crippen LogP contribution in [0.25, 0.3) is 0 Å². The van der Waals surface area contributed by atoms with Gasteiger partial charge in [0.1, 0.15) is 0 Å². The molecule has 4 rings (SSSR count). The molecule has 2 atom stereocenters. The van der Waals surface area contributed by atoms with Gasteiger partial charge in [0.25, 0.3) is 0 Å². The molecule has 4 fully saturated rings. The van der Waals surface area contributed by atoms with E-state index < -0.39 is 0 Å². The van der Waals surface area contributed by atoms with E-state index in [4.69, 9.17) is 0 Å². The van der Waals surface area contributed by atoms with Gasteiger partial charge in [0, 0.05) is 10.9 Å². The summed E-state index contributed by atoms with van der Waals surface area (Å²) < 4.78 is 0.284. The molecule has 2 unspecified atom stereocenters. The number of nitrogens with one attached hydrogen (secondary N) is 1. The third kappa shape index (κ3) is 2.13. The Morgan fingerprint density at radius 1 is 1.28 bits per heavy atom. The SMILES string of the molecule is CC(C)CNC(=O)C12CC3CC(CC(Br)(C3)C1)C2. The lowest BCUT2D eigenvalue weighted by atomic mass is 9.49. The Morgan fingerprint density at radius 2 is 1.89 bits per heavy atom. The van der Waals surface area contributed by atoms with Crippen molar-refractivity contribution in [3.05, 3.63) is 0 Å². The second-order valence-corrected chi connectivity index (χ2v) is 9.18. The maximum absolute atomic E-state index is 12.6. The van der Waals surface area contributed by atoms with Crippen molar-refractivity contribution in [3.8, 4) is 0 Å². The molecule has 102 valence electrons. The fraction of sp³-hybridized carbons (Fsp3) is 0.933. The van der Waals surface area contributed by atoms with Crippen LogP contribution in [0.3, 0.4) is 0 Å². The molecule has 4 bridgehead atoms. The van der Waals surface area contributed by atoms with Crippen LogP contribution in [0.15, 0.2) is 0 Å².